The lowest BCUT2D eigenvalue weighted by Crippen LogP contribution is -2.28. The van der Waals surface area contributed by atoms with Crippen LogP contribution >= 0.6 is 0 Å². The summed E-state index contributed by atoms with van der Waals surface area (Å²) in [5.41, 5.74) is 0.938. The highest BCUT2D eigenvalue weighted by molar-refractivity contribution is 5.67. The van der Waals surface area contributed by atoms with Gasteiger partial charge in [0.1, 0.15) is 6.61 Å². The molecule has 0 bridgehead atoms. The van der Waals surface area contributed by atoms with Gasteiger partial charge in [-0.25, -0.2) is 4.79 Å². The minimum absolute atomic E-state index is 0.238. The molecule has 0 saturated carbocycles. The fourth-order valence-electron chi connectivity index (χ4n) is 3.55. The van der Waals surface area contributed by atoms with Crippen LogP contribution in [0.15, 0.2) is 30.3 Å². The van der Waals surface area contributed by atoms with E-state index in [0.717, 1.165) is 25.0 Å². The number of benzene rings is 1. The van der Waals surface area contributed by atoms with Gasteiger partial charge in [-0.15, -0.1) is 0 Å². The first-order valence-electron chi connectivity index (χ1n) is 17.1. The van der Waals surface area contributed by atoms with E-state index in [1.807, 2.05) is 30.3 Å². The number of carbonyl (C=O) groups excluding carboxylic acids is 1. The number of nitrogens with one attached hydrogen (secondary N) is 1. The van der Waals surface area contributed by atoms with E-state index in [9.17, 15) is 4.79 Å². The van der Waals surface area contributed by atoms with Crippen LogP contribution in [0.3, 0.4) is 0 Å². The van der Waals surface area contributed by atoms with E-state index in [1.54, 1.807) is 0 Å². The molecular weight excluding hydrogens is 630 g/mol. The highest BCUT2D eigenvalue weighted by atomic mass is 16.6. The van der Waals surface area contributed by atoms with Crippen molar-refractivity contribution in [3.63, 3.8) is 0 Å². The summed E-state index contributed by atoms with van der Waals surface area (Å²) in [7, 11) is 0. The first-order valence-corrected chi connectivity index (χ1v) is 17.1. The van der Waals surface area contributed by atoms with Gasteiger partial charge in [-0.3, -0.25) is 0 Å². The third-order valence-corrected chi connectivity index (χ3v) is 6.09. The van der Waals surface area contributed by atoms with E-state index in [0.29, 0.717) is 145 Å². The lowest BCUT2D eigenvalue weighted by atomic mass is 10.2. The van der Waals surface area contributed by atoms with Crippen LogP contribution in [0.25, 0.3) is 0 Å². The zero-order valence-corrected chi connectivity index (χ0v) is 29.1. The number of carbonyl (C=O) groups is 1. The molecule has 1 aromatic carbocycles. The Balaban J connectivity index is 1.63. The second-order valence-corrected chi connectivity index (χ2v) is 10.1. The Hall–Kier alpha value is -1.95. The molecule has 1 amide bonds. The van der Waals surface area contributed by atoms with Crippen LogP contribution in [0.2, 0.25) is 0 Å². The van der Waals surface area contributed by atoms with Crippen LogP contribution in [0.4, 0.5) is 4.79 Å². The van der Waals surface area contributed by atoms with Crippen molar-refractivity contribution in [1.29, 1.82) is 0 Å². The van der Waals surface area contributed by atoms with Gasteiger partial charge in [0.2, 0.25) is 0 Å². The average molecular weight is 692 g/mol. The summed E-state index contributed by atoms with van der Waals surface area (Å²) in [6, 6.07) is 9.51. The largest absolute Gasteiger partial charge is 0.445 e. The lowest BCUT2D eigenvalue weighted by molar-refractivity contribution is -0.0274. The van der Waals surface area contributed by atoms with Gasteiger partial charge in [0.25, 0.3) is 0 Å². The van der Waals surface area contributed by atoms with Gasteiger partial charge in [-0.2, -0.15) is 0 Å². The van der Waals surface area contributed by atoms with Crippen LogP contribution in [-0.2, 0) is 63.4 Å². The molecule has 0 fully saturated rings. The number of rotatable bonds is 38. The number of amides is 1. The predicted octanol–water partition coefficient (Wildman–Crippen LogP) is 2.90. The van der Waals surface area contributed by atoms with E-state index in [1.165, 1.54) is 0 Å². The van der Waals surface area contributed by atoms with Crippen LogP contribution < -0.4 is 5.32 Å². The van der Waals surface area contributed by atoms with Crippen molar-refractivity contribution < 1.29 is 61.6 Å². The van der Waals surface area contributed by atoms with Crippen molar-refractivity contribution in [3.05, 3.63) is 35.9 Å². The number of hydrogen-bond acceptors (Lipinski definition) is 13. The highest BCUT2D eigenvalue weighted by Crippen LogP contribution is 2.00. The van der Waals surface area contributed by atoms with Crippen LogP contribution in [0.1, 0.15) is 25.3 Å². The highest BCUT2D eigenvalue weighted by Gasteiger charge is 2.02. The summed E-state index contributed by atoms with van der Waals surface area (Å²) in [6.45, 7) is 14.2. The van der Waals surface area contributed by atoms with E-state index in [-0.39, 0.29) is 6.61 Å². The van der Waals surface area contributed by atoms with E-state index < -0.39 is 6.09 Å². The molecule has 0 aromatic heterocycles. The van der Waals surface area contributed by atoms with Crippen molar-refractivity contribution in [3.8, 4) is 0 Å². The van der Waals surface area contributed by atoms with Gasteiger partial charge in [0, 0.05) is 13.2 Å². The fourth-order valence-corrected chi connectivity index (χ4v) is 3.55. The van der Waals surface area contributed by atoms with Crippen molar-refractivity contribution in [2.75, 3.05) is 152 Å². The van der Waals surface area contributed by atoms with Crippen LogP contribution in [-0.4, -0.2) is 158 Å². The molecule has 0 radical (unpaired) electrons. The van der Waals surface area contributed by atoms with Gasteiger partial charge < -0.3 is 62.2 Å². The third-order valence-electron chi connectivity index (χ3n) is 6.09. The zero-order chi connectivity index (χ0) is 34.3. The summed E-state index contributed by atoms with van der Waals surface area (Å²) in [5, 5.41) is 2.64. The normalized spacial score (nSPS) is 11.3. The van der Waals surface area contributed by atoms with Gasteiger partial charge in [0.05, 0.1) is 139 Å². The van der Waals surface area contributed by atoms with Gasteiger partial charge in [0.15, 0.2) is 0 Å². The van der Waals surface area contributed by atoms with Crippen LogP contribution in [0, 0.1) is 0 Å². The van der Waals surface area contributed by atoms with Crippen LogP contribution in [0.5, 0.6) is 0 Å². The first kappa shape index (κ1) is 44.1. The Bertz CT molecular complexity index is 779. The summed E-state index contributed by atoms with van der Waals surface area (Å²) < 4.78 is 65.2. The Morgan fingerprint density at radius 2 is 0.771 bits per heavy atom. The molecule has 0 spiro atoms. The van der Waals surface area contributed by atoms with Gasteiger partial charge >= 0.3 is 6.09 Å². The first-order chi connectivity index (χ1) is 23.8. The Morgan fingerprint density at radius 1 is 0.458 bits per heavy atom. The SMILES string of the molecule is CCCCOCCOCCOCCOCCOCCOCCOCCOCCOCCOCCOCCNC(=O)OCc1ccccc1. The number of ether oxygens (including phenoxy) is 12. The maximum absolute atomic E-state index is 11.6. The number of alkyl carbamates (subject to hydrolysis) is 1. The number of hydrogen-bond donors (Lipinski definition) is 1. The predicted molar refractivity (Wildman–Crippen MR) is 179 cm³/mol. The fraction of sp³-hybridized carbons (Fsp3) is 0.794. The standard InChI is InChI=1S/C34H61NO13/c1-2-3-10-37-12-14-39-16-18-41-20-22-43-24-26-45-28-30-47-31-29-46-27-25-44-23-21-42-19-17-40-15-13-38-11-9-35-34(36)48-32-33-7-5-4-6-8-33/h4-8H,2-3,9-32H2,1H3,(H,35,36). The molecular formula is C34H61NO13. The molecule has 1 aromatic rings. The molecule has 0 saturated heterocycles. The Kier molecular flexibility index (Phi) is 34.8. The summed E-state index contributed by atoms with van der Waals surface area (Å²) >= 11 is 0. The minimum atomic E-state index is -0.468. The molecule has 0 atom stereocenters. The van der Waals surface area contributed by atoms with Gasteiger partial charge in [-0.1, -0.05) is 43.7 Å². The average Bonchev–Trinajstić information content (AvgIpc) is 3.11. The molecule has 0 aliphatic carbocycles. The third kappa shape index (κ3) is 33.9. The zero-order valence-electron chi connectivity index (χ0n) is 29.1. The molecule has 0 aliphatic heterocycles. The molecule has 14 heteroatoms. The minimum Gasteiger partial charge on any atom is -0.445 e. The summed E-state index contributed by atoms with van der Waals surface area (Å²) in [6.07, 6.45) is 1.77. The summed E-state index contributed by atoms with van der Waals surface area (Å²) in [4.78, 5) is 11.6. The topological polar surface area (TPSA) is 140 Å². The molecule has 280 valence electrons. The Morgan fingerprint density at radius 3 is 1.10 bits per heavy atom. The molecule has 48 heavy (non-hydrogen) atoms. The number of unbranched alkanes of at least 4 members (excludes halogenated alkanes) is 1. The quantitative estimate of drug-likeness (QED) is 0.102. The van der Waals surface area contributed by atoms with Crippen molar-refractivity contribution >= 4 is 6.09 Å². The molecule has 0 unspecified atom stereocenters. The van der Waals surface area contributed by atoms with E-state index >= 15 is 0 Å². The van der Waals surface area contributed by atoms with Crippen molar-refractivity contribution in [1.82, 2.24) is 5.32 Å². The maximum atomic E-state index is 11.6. The molecule has 0 aliphatic rings. The lowest BCUT2D eigenvalue weighted by Gasteiger charge is -2.09. The van der Waals surface area contributed by atoms with E-state index in [2.05, 4.69) is 12.2 Å². The smallest absolute Gasteiger partial charge is 0.407 e. The monoisotopic (exact) mass is 691 g/mol. The molecule has 14 nitrogen and oxygen atoms in total. The summed E-state index contributed by atoms with van der Waals surface area (Å²) in [5.74, 6) is 0. The van der Waals surface area contributed by atoms with E-state index in [4.69, 9.17) is 56.8 Å². The van der Waals surface area contributed by atoms with Crippen molar-refractivity contribution in [2.45, 2.75) is 26.4 Å². The molecule has 1 rings (SSSR count). The molecule has 0 heterocycles. The maximum Gasteiger partial charge on any atom is 0.407 e. The Labute approximate surface area is 287 Å². The van der Waals surface area contributed by atoms with Crippen molar-refractivity contribution in [2.24, 2.45) is 0 Å². The second kappa shape index (κ2) is 37.9. The van der Waals surface area contributed by atoms with Gasteiger partial charge in [-0.05, 0) is 12.0 Å². The molecule has 1 N–H and O–H groups in total. The second-order valence-electron chi connectivity index (χ2n) is 10.1.